The molecule has 1 heterocycles. The largest absolute Gasteiger partial charge is 0.396 e. The van der Waals surface area contributed by atoms with Crippen molar-refractivity contribution in [1.82, 2.24) is 10.2 Å². The summed E-state index contributed by atoms with van der Waals surface area (Å²) in [4.78, 5) is 2.26. The molecule has 0 bridgehead atoms. The Balaban J connectivity index is 2.10. The molecule has 1 aliphatic rings. The van der Waals surface area contributed by atoms with Crippen molar-refractivity contribution in [3.63, 3.8) is 0 Å². The highest BCUT2D eigenvalue weighted by Crippen LogP contribution is 2.06. The van der Waals surface area contributed by atoms with E-state index in [-0.39, 0.29) is 6.04 Å². The topological polar surface area (TPSA) is 59.3 Å². The third kappa shape index (κ3) is 4.61. The highest BCUT2D eigenvalue weighted by molar-refractivity contribution is 4.95. The molecule has 1 fully saturated rings. The lowest BCUT2D eigenvalue weighted by atomic mass is 10.1. The maximum atomic E-state index is 8.94. The number of hydrogen-bond acceptors (Lipinski definition) is 4. The molecule has 1 rings (SSSR count). The minimum atomic E-state index is 0.0524. The molecule has 4 nitrogen and oxygen atoms in total. The molecule has 1 saturated heterocycles. The summed E-state index contributed by atoms with van der Waals surface area (Å²) in [5, 5.41) is 20.8. The van der Waals surface area contributed by atoms with Gasteiger partial charge in [0.1, 0.15) is 6.04 Å². The van der Waals surface area contributed by atoms with E-state index in [0.29, 0.717) is 6.61 Å². The zero-order chi connectivity index (χ0) is 10.9. The van der Waals surface area contributed by atoms with Crippen LogP contribution in [-0.2, 0) is 0 Å². The highest BCUT2D eigenvalue weighted by atomic mass is 16.2. The smallest absolute Gasteiger partial charge is 0.110 e. The first kappa shape index (κ1) is 12.4. The van der Waals surface area contributed by atoms with Crippen molar-refractivity contribution < 1.29 is 5.11 Å². The molecule has 0 aromatic heterocycles. The number of hydrogen-bond donors (Lipinski definition) is 2. The van der Waals surface area contributed by atoms with Crippen LogP contribution in [0.15, 0.2) is 0 Å². The van der Waals surface area contributed by atoms with Gasteiger partial charge in [-0.1, -0.05) is 12.8 Å². The minimum Gasteiger partial charge on any atom is -0.396 e. The van der Waals surface area contributed by atoms with E-state index in [1.54, 1.807) is 0 Å². The van der Waals surface area contributed by atoms with Crippen LogP contribution in [0.25, 0.3) is 0 Å². The van der Waals surface area contributed by atoms with Gasteiger partial charge in [-0.3, -0.25) is 4.90 Å². The Hall–Kier alpha value is -0.630. The van der Waals surface area contributed by atoms with E-state index in [0.717, 1.165) is 51.9 Å². The number of aliphatic hydroxyl groups excluding tert-OH is 1. The fourth-order valence-corrected chi connectivity index (χ4v) is 1.92. The summed E-state index contributed by atoms with van der Waals surface area (Å²) in [6.07, 6.45) is 4.30. The number of rotatable bonds is 6. The van der Waals surface area contributed by atoms with E-state index in [4.69, 9.17) is 10.4 Å². The molecule has 4 heteroatoms. The van der Waals surface area contributed by atoms with E-state index < -0.39 is 0 Å². The number of piperazine rings is 1. The van der Waals surface area contributed by atoms with Gasteiger partial charge in [0, 0.05) is 26.2 Å². The van der Waals surface area contributed by atoms with Crippen LogP contribution in [0.3, 0.4) is 0 Å². The molecule has 86 valence electrons. The van der Waals surface area contributed by atoms with Gasteiger partial charge in [-0.2, -0.15) is 5.26 Å². The standard InChI is InChI=1S/C11H21N3O/c12-9-11-10-13-5-7-14(11)6-3-1-2-4-8-15/h11,13,15H,1-8,10H2. The molecule has 1 unspecified atom stereocenters. The highest BCUT2D eigenvalue weighted by Gasteiger charge is 2.20. The Kier molecular flexibility index (Phi) is 6.33. The summed E-state index contributed by atoms with van der Waals surface area (Å²) in [5.41, 5.74) is 0. The average Bonchev–Trinajstić information content (AvgIpc) is 2.29. The van der Waals surface area contributed by atoms with E-state index in [9.17, 15) is 0 Å². The predicted octanol–water partition coefficient (Wildman–Crippen LogP) is 0.336. The zero-order valence-corrected chi connectivity index (χ0v) is 9.28. The molecular formula is C11H21N3O. The summed E-state index contributed by atoms with van der Waals surface area (Å²) in [6.45, 7) is 4.10. The van der Waals surface area contributed by atoms with E-state index >= 15 is 0 Å². The molecule has 0 saturated carbocycles. The molecule has 0 spiro atoms. The van der Waals surface area contributed by atoms with Crippen molar-refractivity contribution in [2.75, 3.05) is 32.8 Å². The Bertz CT molecular complexity index is 202. The van der Waals surface area contributed by atoms with Crippen LogP contribution < -0.4 is 5.32 Å². The van der Waals surface area contributed by atoms with Crippen molar-refractivity contribution >= 4 is 0 Å². The monoisotopic (exact) mass is 211 g/mol. The molecule has 0 amide bonds. The second kappa shape index (κ2) is 7.63. The van der Waals surface area contributed by atoms with Crippen molar-refractivity contribution in [3.8, 4) is 6.07 Å². The Morgan fingerprint density at radius 2 is 2.13 bits per heavy atom. The Morgan fingerprint density at radius 3 is 2.87 bits per heavy atom. The van der Waals surface area contributed by atoms with Crippen molar-refractivity contribution in [3.05, 3.63) is 0 Å². The first-order valence-corrected chi connectivity index (χ1v) is 5.83. The molecular weight excluding hydrogens is 190 g/mol. The van der Waals surface area contributed by atoms with Gasteiger partial charge < -0.3 is 10.4 Å². The van der Waals surface area contributed by atoms with Gasteiger partial charge in [-0.25, -0.2) is 0 Å². The summed E-state index contributed by atoms with van der Waals surface area (Å²) in [6, 6.07) is 2.38. The normalized spacial score (nSPS) is 22.5. The molecule has 0 radical (unpaired) electrons. The fourth-order valence-electron chi connectivity index (χ4n) is 1.92. The van der Waals surface area contributed by atoms with Crippen molar-refractivity contribution in [1.29, 1.82) is 5.26 Å². The third-order valence-corrected chi connectivity index (χ3v) is 2.86. The second-order valence-corrected chi connectivity index (χ2v) is 4.02. The zero-order valence-electron chi connectivity index (χ0n) is 9.28. The van der Waals surface area contributed by atoms with Gasteiger partial charge in [-0.15, -0.1) is 0 Å². The molecule has 2 N–H and O–H groups in total. The summed E-state index contributed by atoms with van der Waals surface area (Å²) in [7, 11) is 0. The van der Waals surface area contributed by atoms with E-state index in [1.807, 2.05) is 0 Å². The Labute approximate surface area is 91.9 Å². The molecule has 1 aliphatic heterocycles. The van der Waals surface area contributed by atoms with Gasteiger partial charge in [0.2, 0.25) is 0 Å². The number of nitrogens with one attached hydrogen (secondary N) is 1. The lowest BCUT2D eigenvalue weighted by Gasteiger charge is -2.31. The summed E-state index contributed by atoms with van der Waals surface area (Å²) >= 11 is 0. The number of unbranched alkanes of at least 4 members (excludes halogenated alkanes) is 3. The number of aliphatic hydroxyl groups is 1. The SMILES string of the molecule is N#CC1CNCCN1CCCCCCO. The summed E-state index contributed by atoms with van der Waals surface area (Å²) < 4.78 is 0. The van der Waals surface area contributed by atoms with Crippen LogP contribution in [0, 0.1) is 11.3 Å². The second-order valence-electron chi connectivity index (χ2n) is 4.02. The van der Waals surface area contributed by atoms with Crippen LogP contribution in [0.4, 0.5) is 0 Å². The third-order valence-electron chi connectivity index (χ3n) is 2.86. The van der Waals surface area contributed by atoms with Gasteiger partial charge in [0.05, 0.1) is 6.07 Å². The molecule has 0 aromatic rings. The lowest BCUT2D eigenvalue weighted by Crippen LogP contribution is -2.50. The van der Waals surface area contributed by atoms with Gasteiger partial charge in [0.15, 0.2) is 0 Å². The molecule has 1 atom stereocenters. The summed E-state index contributed by atoms with van der Waals surface area (Å²) in [5.74, 6) is 0. The maximum Gasteiger partial charge on any atom is 0.110 e. The maximum absolute atomic E-state index is 8.94. The van der Waals surface area contributed by atoms with Crippen LogP contribution in [0.1, 0.15) is 25.7 Å². The lowest BCUT2D eigenvalue weighted by molar-refractivity contribution is 0.192. The quantitative estimate of drug-likeness (QED) is 0.622. The fraction of sp³-hybridized carbons (Fsp3) is 0.909. The molecule has 0 aromatic carbocycles. The van der Waals surface area contributed by atoms with Crippen molar-refractivity contribution in [2.24, 2.45) is 0 Å². The van der Waals surface area contributed by atoms with Gasteiger partial charge >= 0.3 is 0 Å². The first-order chi connectivity index (χ1) is 7.38. The van der Waals surface area contributed by atoms with E-state index in [1.165, 1.54) is 0 Å². The van der Waals surface area contributed by atoms with Gasteiger partial charge in [-0.05, 0) is 19.4 Å². The van der Waals surface area contributed by atoms with E-state index in [2.05, 4.69) is 16.3 Å². The van der Waals surface area contributed by atoms with Gasteiger partial charge in [0.25, 0.3) is 0 Å². The molecule has 15 heavy (non-hydrogen) atoms. The van der Waals surface area contributed by atoms with Crippen LogP contribution in [-0.4, -0.2) is 48.8 Å². The molecule has 0 aliphatic carbocycles. The Morgan fingerprint density at radius 1 is 1.33 bits per heavy atom. The van der Waals surface area contributed by atoms with Crippen LogP contribution in [0.5, 0.6) is 0 Å². The van der Waals surface area contributed by atoms with Crippen molar-refractivity contribution in [2.45, 2.75) is 31.7 Å². The predicted molar refractivity (Wildman–Crippen MR) is 59.4 cm³/mol. The number of nitrogens with zero attached hydrogens (tertiary/aromatic N) is 2. The average molecular weight is 211 g/mol. The van der Waals surface area contributed by atoms with Crippen LogP contribution in [0.2, 0.25) is 0 Å². The first-order valence-electron chi connectivity index (χ1n) is 5.83. The number of nitriles is 1. The minimum absolute atomic E-state index is 0.0524. The van der Waals surface area contributed by atoms with Crippen LogP contribution >= 0.6 is 0 Å².